The van der Waals surface area contributed by atoms with Crippen LogP contribution in [-0.4, -0.2) is 38.3 Å². The molecule has 16 heavy (non-hydrogen) atoms. The zero-order chi connectivity index (χ0) is 12.8. The lowest BCUT2D eigenvalue weighted by molar-refractivity contribution is 0.0996. The predicted molar refractivity (Wildman–Crippen MR) is 74.0 cm³/mol. The SMILES string of the molecule is CC.CC.CCCN1CCC(COC)CC1. The first-order chi connectivity index (χ1) is 7.86. The van der Waals surface area contributed by atoms with E-state index in [1.54, 1.807) is 7.11 Å². The van der Waals surface area contributed by atoms with Crippen molar-refractivity contribution >= 4 is 0 Å². The molecule has 2 nitrogen and oxygen atoms in total. The van der Waals surface area contributed by atoms with Gasteiger partial charge >= 0.3 is 0 Å². The van der Waals surface area contributed by atoms with E-state index in [0.29, 0.717) is 0 Å². The highest BCUT2D eigenvalue weighted by atomic mass is 16.5. The second-order valence-electron chi connectivity index (χ2n) is 3.74. The van der Waals surface area contributed by atoms with Crippen molar-refractivity contribution in [3.8, 4) is 0 Å². The zero-order valence-electron chi connectivity index (χ0n) is 12.4. The Kier molecular flexibility index (Phi) is 17.1. The van der Waals surface area contributed by atoms with Crippen molar-refractivity contribution < 1.29 is 4.74 Å². The largest absolute Gasteiger partial charge is 0.384 e. The molecule has 0 aliphatic carbocycles. The lowest BCUT2D eigenvalue weighted by atomic mass is 9.98. The molecule has 0 bridgehead atoms. The molecule has 1 aliphatic heterocycles. The molecule has 100 valence electrons. The summed E-state index contributed by atoms with van der Waals surface area (Å²) >= 11 is 0. The Labute approximate surface area is 103 Å². The maximum Gasteiger partial charge on any atom is 0.0491 e. The van der Waals surface area contributed by atoms with Gasteiger partial charge in [-0.3, -0.25) is 0 Å². The molecule has 1 fully saturated rings. The summed E-state index contributed by atoms with van der Waals surface area (Å²) in [7, 11) is 1.80. The fourth-order valence-electron chi connectivity index (χ4n) is 1.93. The smallest absolute Gasteiger partial charge is 0.0491 e. The third-order valence-electron chi connectivity index (χ3n) is 2.65. The molecule has 1 heterocycles. The molecule has 0 atom stereocenters. The van der Waals surface area contributed by atoms with Crippen LogP contribution in [0.3, 0.4) is 0 Å². The van der Waals surface area contributed by atoms with Crippen LogP contribution >= 0.6 is 0 Å². The fourth-order valence-corrected chi connectivity index (χ4v) is 1.93. The number of hydrogen-bond donors (Lipinski definition) is 0. The van der Waals surface area contributed by atoms with Gasteiger partial charge in [-0.1, -0.05) is 34.6 Å². The van der Waals surface area contributed by atoms with Crippen LogP contribution in [0.5, 0.6) is 0 Å². The number of rotatable bonds is 4. The number of hydrogen-bond acceptors (Lipinski definition) is 2. The van der Waals surface area contributed by atoms with E-state index in [9.17, 15) is 0 Å². The van der Waals surface area contributed by atoms with E-state index in [-0.39, 0.29) is 0 Å². The van der Waals surface area contributed by atoms with Crippen molar-refractivity contribution in [1.29, 1.82) is 0 Å². The van der Waals surface area contributed by atoms with Gasteiger partial charge < -0.3 is 9.64 Å². The van der Waals surface area contributed by atoms with E-state index in [0.717, 1.165) is 12.5 Å². The quantitative estimate of drug-likeness (QED) is 0.729. The first kappa shape index (κ1) is 18.3. The topological polar surface area (TPSA) is 12.5 Å². The first-order valence-corrected chi connectivity index (χ1v) is 7.08. The highest BCUT2D eigenvalue weighted by Gasteiger charge is 2.17. The second-order valence-corrected chi connectivity index (χ2v) is 3.74. The molecule has 0 aromatic rings. The lowest BCUT2D eigenvalue weighted by Gasteiger charge is -2.31. The van der Waals surface area contributed by atoms with E-state index in [1.165, 1.54) is 38.9 Å². The van der Waals surface area contributed by atoms with Crippen LogP contribution < -0.4 is 0 Å². The average Bonchev–Trinajstić information content (AvgIpc) is 2.37. The molecular formula is C14H33NO. The van der Waals surface area contributed by atoms with Gasteiger partial charge in [0.2, 0.25) is 0 Å². The van der Waals surface area contributed by atoms with Gasteiger partial charge in [-0.25, -0.2) is 0 Å². The van der Waals surface area contributed by atoms with Gasteiger partial charge in [0.05, 0.1) is 0 Å². The highest BCUT2D eigenvalue weighted by Crippen LogP contribution is 2.16. The van der Waals surface area contributed by atoms with Crippen molar-refractivity contribution in [2.24, 2.45) is 5.92 Å². The molecule has 0 saturated carbocycles. The summed E-state index contributed by atoms with van der Waals surface area (Å²) in [4.78, 5) is 2.56. The van der Waals surface area contributed by atoms with Crippen molar-refractivity contribution in [3.63, 3.8) is 0 Å². The van der Waals surface area contributed by atoms with E-state index in [4.69, 9.17) is 4.74 Å². The summed E-state index contributed by atoms with van der Waals surface area (Å²) in [6, 6.07) is 0. The van der Waals surface area contributed by atoms with Gasteiger partial charge in [0, 0.05) is 13.7 Å². The number of likely N-dealkylation sites (tertiary alicyclic amines) is 1. The van der Waals surface area contributed by atoms with E-state index in [2.05, 4.69) is 11.8 Å². The van der Waals surface area contributed by atoms with E-state index in [1.807, 2.05) is 27.7 Å². The lowest BCUT2D eigenvalue weighted by Crippen LogP contribution is -2.35. The standard InChI is InChI=1S/C10H21NO.2C2H6/c1-3-6-11-7-4-10(5-8-11)9-12-2;2*1-2/h10H,3-9H2,1-2H3;2*1-2H3. The minimum Gasteiger partial charge on any atom is -0.384 e. The van der Waals surface area contributed by atoms with Crippen LogP contribution in [0, 0.1) is 5.92 Å². The van der Waals surface area contributed by atoms with Gasteiger partial charge in [0.1, 0.15) is 0 Å². The third kappa shape index (κ3) is 9.17. The van der Waals surface area contributed by atoms with Gasteiger partial charge in [-0.05, 0) is 44.8 Å². The average molecular weight is 231 g/mol. The van der Waals surface area contributed by atoms with Crippen molar-refractivity contribution in [1.82, 2.24) is 4.90 Å². The highest BCUT2D eigenvalue weighted by molar-refractivity contribution is 4.71. The normalized spacial score (nSPS) is 16.9. The van der Waals surface area contributed by atoms with Crippen LogP contribution in [0.4, 0.5) is 0 Å². The Bertz CT molecular complexity index is 95.3. The molecule has 2 heteroatoms. The monoisotopic (exact) mass is 231 g/mol. The summed E-state index contributed by atoms with van der Waals surface area (Å²) < 4.78 is 5.16. The molecule has 1 saturated heterocycles. The Morgan fingerprint density at radius 3 is 1.94 bits per heavy atom. The Morgan fingerprint density at radius 1 is 1.06 bits per heavy atom. The summed E-state index contributed by atoms with van der Waals surface area (Å²) in [6.07, 6.45) is 3.94. The maximum atomic E-state index is 5.16. The van der Waals surface area contributed by atoms with Crippen molar-refractivity contribution in [3.05, 3.63) is 0 Å². The number of nitrogens with zero attached hydrogens (tertiary/aromatic N) is 1. The summed E-state index contributed by atoms with van der Waals surface area (Å²) in [5, 5.41) is 0. The number of methoxy groups -OCH3 is 1. The molecule has 0 aromatic heterocycles. The molecule has 0 aromatic carbocycles. The molecule has 0 N–H and O–H groups in total. The van der Waals surface area contributed by atoms with Crippen LogP contribution in [0.15, 0.2) is 0 Å². The van der Waals surface area contributed by atoms with Crippen LogP contribution in [0.25, 0.3) is 0 Å². The van der Waals surface area contributed by atoms with E-state index < -0.39 is 0 Å². The van der Waals surface area contributed by atoms with Gasteiger partial charge in [-0.2, -0.15) is 0 Å². The zero-order valence-corrected chi connectivity index (χ0v) is 12.4. The molecular weight excluding hydrogens is 198 g/mol. The van der Waals surface area contributed by atoms with Crippen LogP contribution in [0.2, 0.25) is 0 Å². The first-order valence-electron chi connectivity index (χ1n) is 7.08. The minimum atomic E-state index is 0.822. The van der Waals surface area contributed by atoms with Crippen LogP contribution in [-0.2, 0) is 4.74 Å². The molecule has 0 unspecified atom stereocenters. The van der Waals surface area contributed by atoms with Gasteiger partial charge in [0.25, 0.3) is 0 Å². The third-order valence-corrected chi connectivity index (χ3v) is 2.65. The molecule has 0 spiro atoms. The molecule has 1 rings (SSSR count). The maximum absolute atomic E-state index is 5.16. The Morgan fingerprint density at radius 2 is 1.56 bits per heavy atom. The number of piperidine rings is 1. The molecule has 0 amide bonds. The van der Waals surface area contributed by atoms with Gasteiger partial charge in [0.15, 0.2) is 0 Å². The number of ether oxygens (including phenoxy) is 1. The summed E-state index contributed by atoms with van der Waals surface area (Å²) in [5.41, 5.74) is 0. The molecule has 1 aliphatic rings. The van der Waals surface area contributed by atoms with E-state index >= 15 is 0 Å². The Hall–Kier alpha value is -0.0800. The summed E-state index contributed by atoms with van der Waals surface area (Å²) in [5.74, 6) is 0.822. The second kappa shape index (κ2) is 14.9. The minimum absolute atomic E-state index is 0.822. The van der Waals surface area contributed by atoms with Crippen molar-refractivity contribution in [2.45, 2.75) is 53.9 Å². The van der Waals surface area contributed by atoms with Crippen LogP contribution in [0.1, 0.15) is 53.9 Å². The summed E-state index contributed by atoms with van der Waals surface area (Å²) in [6.45, 7) is 15.0. The molecule has 0 radical (unpaired) electrons. The Balaban J connectivity index is 0. The van der Waals surface area contributed by atoms with Crippen molar-refractivity contribution in [2.75, 3.05) is 33.4 Å². The fraction of sp³-hybridized carbons (Fsp3) is 1.00. The van der Waals surface area contributed by atoms with Gasteiger partial charge in [-0.15, -0.1) is 0 Å². The predicted octanol–water partition coefficient (Wildman–Crippen LogP) is 3.81.